The van der Waals surface area contributed by atoms with Gasteiger partial charge in [0.25, 0.3) is 0 Å². The Hall–Kier alpha value is -0.844. The first-order valence-electron chi connectivity index (χ1n) is 15.6. The summed E-state index contributed by atoms with van der Waals surface area (Å²) in [6, 6.07) is 22.1. The standard InChI is InChI=1S/C23H31OSi.3C4H9.Sn/c1-19(2)20(3)17-18-24-25(23(4,5)6,21-13-9-7-10-14-21)22-15-11-8-12-16-22;3*1-3-4-2;/h7-16,20H,1-2,17-18H2,3-6H3;3*1,3-4H2,2H3;/t20-;;;;/m0..../s1. The maximum absolute atomic E-state index is 7.23. The fourth-order valence-corrected chi connectivity index (χ4v) is 27.7. The van der Waals surface area contributed by atoms with Crippen LogP contribution in [0.1, 0.15) is 93.4 Å². The quantitative estimate of drug-likeness (QED) is 0.116. The average molecular weight is 642 g/mol. The Kier molecular flexibility index (Phi) is 14.4. The van der Waals surface area contributed by atoms with Gasteiger partial charge in [0, 0.05) is 0 Å². The van der Waals surface area contributed by atoms with E-state index in [9.17, 15) is 0 Å². The van der Waals surface area contributed by atoms with Crippen molar-refractivity contribution in [2.24, 2.45) is 5.92 Å². The van der Waals surface area contributed by atoms with Crippen molar-refractivity contribution in [1.82, 2.24) is 0 Å². The zero-order valence-corrected chi connectivity index (χ0v) is 29.8. The van der Waals surface area contributed by atoms with Crippen LogP contribution in [-0.4, -0.2) is 33.3 Å². The fraction of sp³-hybridized carbons (Fsp3) is 0.600. The maximum atomic E-state index is 7.23. The number of allylic oxidation sites excluding steroid dienone is 1. The Bertz CT molecular complexity index is 857. The SMILES string of the molecule is C=C([CH2][Sn]([CH2]CCC)([CH2]CCC)[CH2]CCC)[C@@H](C)CCO[Si](c1ccccc1)(c1ccccc1)C(C)(C)C. The first kappa shape index (κ1) is 33.4. The Morgan fingerprint density at radius 3 is 1.58 bits per heavy atom. The van der Waals surface area contributed by atoms with Crippen molar-refractivity contribution in [3.8, 4) is 0 Å². The summed E-state index contributed by atoms with van der Waals surface area (Å²) in [7, 11) is -2.47. The molecule has 1 atom stereocenters. The Morgan fingerprint density at radius 2 is 1.21 bits per heavy atom. The van der Waals surface area contributed by atoms with Gasteiger partial charge in [-0.05, 0) is 0 Å². The van der Waals surface area contributed by atoms with E-state index in [1.165, 1.54) is 58.9 Å². The van der Waals surface area contributed by atoms with Crippen molar-refractivity contribution in [3.63, 3.8) is 0 Å². The molecule has 0 aliphatic rings. The zero-order valence-electron chi connectivity index (χ0n) is 26.0. The molecule has 0 aliphatic carbocycles. The molecule has 2 rings (SSSR count). The number of hydrogen-bond acceptors (Lipinski definition) is 1. The van der Waals surface area contributed by atoms with Gasteiger partial charge in [-0.1, -0.05) is 0 Å². The molecule has 1 nitrogen and oxygen atoms in total. The molecule has 0 saturated heterocycles. The van der Waals surface area contributed by atoms with Crippen molar-refractivity contribution in [1.29, 1.82) is 0 Å². The Labute approximate surface area is 241 Å². The van der Waals surface area contributed by atoms with Crippen molar-refractivity contribution >= 4 is 37.1 Å². The van der Waals surface area contributed by atoms with E-state index < -0.39 is 26.7 Å². The second-order valence-corrected chi connectivity index (χ2v) is 31.0. The molecule has 3 heteroatoms. The van der Waals surface area contributed by atoms with Gasteiger partial charge >= 0.3 is 243 Å². The van der Waals surface area contributed by atoms with Crippen LogP contribution < -0.4 is 10.4 Å². The molecule has 0 bridgehead atoms. The molecule has 0 amide bonds. The monoisotopic (exact) mass is 642 g/mol. The summed E-state index contributed by atoms with van der Waals surface area (Å²) < 4.78 is 13.3. The van der Waals surface area contributed by atoms with Gasteiger partial charge in [-0.25, -0.2) is 0 Å². The predicted octanol–water partition coefficient (Wildman–Crippen LogP) is 9.99. The van der Waals surface area contributed by atoms with Crippen LogP contribution in [0.25, 0.3) is 0 Å². The molecule has 38 heavy (non-hydrogen) atoms. The van der Waals surface area contributed by atoms with Gasteiger partial charge in [-0.3, -0.25) is 0 Å². The van der Waals surface area contributed by atoms with Gasteiger partial charge < -0.3 is 0 Å². The number of benzene rings is 2. The van der Waals surface area contributed by atoms with E-state index in [0.29, 0.717) is 5.92 Å². The Morgan fingerprint density at radius 1 is 0.789 bits per heavy atom. The number of hydrogen-bond donors (Lipinski definition) is 0. The molecule has 212 valence electrons. The van der Waals surface area contributed by atoms with Crippen molar-refractivity contribution < 1.29 is 4.43 Å². The third-order valence-electron chi connectivity index (χ3n) is 8.77. The molecule has 0 unspecified atom stereocenters. The minimum absolute atomic E-state index is 0.0298. The summed E-state index contributed by atoms with van der Waals surface area (Å²) >= 11 is -2.23. The normalized spacial score (nSPS) is 13.4. The van der Waals surface area contributed by atoms with E-state index in [0.717, 1.165) is 13.0 Å². The van der Waals surface area contributed by atoms with Crippen LogP contribution >= 0.6 is 0 Å². The molecule has 2 aromatic rings. The van der Waals surface area contributed by atoms with E-state index >= 15 is 0 Å². The van der Waals surface area contributed by atoms with Gasteiger partial charge in [0.15, 0.2) is 0 Å². The number of rotatable bonds is 18. The third kappa shape index (κ3) is 9.09. The van der Waals surface area contributed by atoms with Crippen LogP contribution in [0.5, 0.6) is 0 Å². The van der Waals surface area contributed by atoms with Gasteiger partial charge in [0.2, 0.25) is 0 Å². The third-order valence-corrected chi connectivity index (χ3v) is 29.4. The van der Waals surface area contributed by atoms with E-state index in [1.807, 2.05) is 0 Å². The second kappa shape index (κ2) is 16.4. The molecule has 0 spiro atoms. The molecule has 0 N–H and O–H groups in total. The van der Waals surface area contributed by atoms with E-state index in [4.69, 9.17) is 11.0 Å². The molecule has 0 aromatic heterocycles. The molecule has 0 aliphatic heterocycles. The average Bonchev–Trinajstić information content (AvgIpc) is 2.92. The van der Waals surface area contributed by atoms with Gasteiger partial charge in [0.05, 0.1) is 0 Å². The van der Waals surface area contributed by atoms with Crippen molar-refractivity contribution in [3.05, 3.63) is 72.8 Å². The molecular weight excluding hydrogens is 583 g/mol. The van der Waals surface area contributed by atoms with Crippen LogP contribution in [0.4, 0.5) is 0 Å². The summed E-state index contributed by atoms with van der Waals surface area (Å²) in [5.74, 6) is 0.522. The van der Waals surface area contributed by atoms with Crippen LogP contribution in [0.3, 0.4) is 0 Å². The predicted molar refractivity (Wildman–Crippen MR) is 176 cm³/mol. The summed E-state index contributed by atoms with van der Waals surface area (Å²) in [6.45, 7) is 22.2. The molecule has 0 heterocycles. The van der Waals surface area contributed by atoms with Crippen molar-refractivity contribution in [2.75, 3.05) is 6.61 Å². The molecule has 2 aromatic carbocycles. The molecule has 0 saturated carbocycles. The van der Waals surface area contributed by atoms with E-state index in [-0.39, 0.29) is 5.04 Å². The minimum atomic E-state index is -2.47. The van der Waals surface area contributed by atoms with Crippen LogP contribution in [0.2, 0.25) is 22.8 Å². The summed E-state index contributed by atoms with van der Waals surface area (Å²) in [4.78, 5) is 0. The first-order valence-corrected chi connectivity index (χ1v) is 25.6. The second-order valence-electron chi connectivity index (χ2n) is 12.8. The zero-order chi connectivity index (χ0) is 28.1. The van der Waals surface area contributed by atoms with Gasteiger partial charge in [-0.15, -0.1) is 0 Å². The topological polar surface area (TPSA) is 9.23 Å². The molecular formula is C35H58OSiSn. The summed E-state index contributed by atoms with van der Waals surface area (Å²) in [5, 5.41) is 2.78. The number of unbranched alkanes of at least 4 members (excludes halogenated alkanes) is 3. The summed E-state index contributed by atoms with van der Waals surface area (Å²) in [6.07, 6.45) is 9.38. The molecule has 0 radical (unpaired) electrons. The van der Waals surface area contributed by atoms with E-state index in [1.54, 1.807) is 13.3 Å². The van der Waals surface area contributed by atoms with Gasteiger partial charge in [-0.2, -0.15) is 0 Å². The van der Waals surface area contributed by atoms with Crippen LogP contribution in [0.15, 0.2) is 72.8 Å². The molecule has 0 fully saturated rings. The van der Waals surface area contributed by atoms with Crippen LogP contribution in [0, 0.1) is 5.92 Å². The summed E-state index contributed by atoms with van der Waals surface area (Å²) in [5.41, 5.74) is 1.54. The Balaban J connectivity index is 2.23. The van der Waals surface area contributed by atoms with Crippen molar-refractivity contribution in [2.45, 2.75) is 116 Å². The van der Waals surface area contributed by atoms with Gasteiger partial charge in [0.1, 0.15) is 0 Å². The fourth-order valence-electron chi connectivity index (χ4n) is 6.31. The first-order chi connectivity index (χ1) is 18.2. The van der Waals surface area contributed by atoms with Crippen LogP contribution in [-0.2, 0) is 4.43 Å². The van der Waals surface area contributed by atoms with E-state index in [2.05, 4.69) is 109 Å².